The number of likely N-dealkylation sites (tertiary alicyclic amines) is 1. The first-order valence-electron chi connectivity index (χ1n) is 6.31. The molecule has 1 aromatic heterocycles. The Labute approximate surface area is 110 Å². The zero-order valence-corrected chi connectivity index (χ0v) is 10.4. The molecule has 3 rings (SSSR count). The van der Waals surface area contributed by atoms with Gasteiger partial charge in [0.1, 0.15) is 0 Å². The van der Waals surface area contributed by atoms with E-state index < -0.39 is 0 Å². The number of nitrogens with zero attached hydrogens (tertiary/aromatic N) is 1. The van der Waals surface area contributed by atoms with Crippen LogP contribution in [-0.4, -0.2) is 34.8 Å². The Bertz CT molecular complexity index is 647. The lowest BCUT2D eigenvalue weighted by atomic mass is 10.1. The van der Waals surface area contributed by atoms with Crippen LogP contribution in [0.4, 0.5) is 0 Å². The number of aromatic nitrogens is 1. The molecule has 1 aromatic carbocycles. The molecule has 3 N–H and O–H groups in total. The van der Waals surface area contributed by atoms with Crippen LogP contribution in [0.5, 0.6) is 0 Å². The summed E-state index contributed by atoms with van der Waals surface area (Å²) in [4.78, 5) is 28.4. The number of primary amides is 1. The Kier molecular flexibility index (Phi) is 2.74. The molecule has 1 aliphatic rings. The summed E-state index contributed by atoms with van der Waals surface area (Å²) in [5.74, 6) is -0.586. The largest absolute Gasteiger partial charge is 0.369 e. The molecule has 1 saturated heterocycles. The summed E-state index contributed by atoms with van der Waals surface area (Å²) in [6.45, 7) is 1.01. The maximum absolute atomic E-state index is 12.5. The summed E-state index contributed by atoms with van der Waals surface area (Å²) >= 11 is 0. The Morgan fingerprint density at radius 1 is 1.32 bits per heavy atom. The van der Waals surface area contributed by atoms with E-state index in [1.54, 1.807) is 11.0 Å². The second-order valence-corrected chi connectivity index (χ2v) is 4.89. The fourth-order valence-corrected chi connectivity index (χ4v) is 2.61. The third kappa shape index (κ3) is 1.97. The van der Waals surface area contributed by atoms with E-state index >= 15 is 0 Å². The van der Waals surface area contributed by atoms with Crippen LogP contribution in [0.1, 0.15) is 16.8 Å². The van der Waals surface area contributed by atoms with Gasteiger partial charge in [0.2, 0.25) is 5.91 Å². The fraction of sp³-hybridized carbons (Fsp3) is 0.286. The van der Waals surface area contributed by atoms with Crippen molar-refractivity contribution in [2.24, 2.45) is 11.7 Å². The van der Waals surface area contributed by atoms with E-state index in [9.17, 15) is 9.59 Å². The van der Waals surface area contributed by atoms with Gasteiger partial charge >= 0.3 is 0 Å². The number of H-pyrrole nitrogens is 1. The third-order valence-electron chi connectivity index (χ3n) is 3.70. The van der Waals surface area contributed by atoms with Crippen molar-refractivity contribution in [3.05, 3.63) is 36.0 Å². The Morgan fingerprint density at radius 2 is 2.16 bits per heavy atom. The molecule has 0 bridgehead atoms. The number of hydrogen-bond donors (Lipinski definition) is 2. The number of aromatic amines is 1. The van der Waals surface area contributed by atoms with Crippen molar-refractivity contribution < 1.29 is 9.59 Å². The zero-order chi connectivity index (χ0) is 13.4. The monoisotopic (exact) mass is 257 g/mol. The summed E-state index contributed by atoms with van der Waals surface area (Å²) in [7, 11) is 0. The van der Waals surface area contributed by atoms with E-state index in [0.29, 0.717) is 25.1 Å². The third-order valence-corrected chi connectivity index (χ3v) is 3.70. The smallest absolute Gasteiger partial charge is 0.256 e. The lowest BCUT2D eigenvalue weighted by molar-refractivity contribution is -0.121. The Morgan fingerprint density at radius 3 is 2.89 bits per heavy atom. The zero-order valence-electron chi connectivity index (χ0n) is 10.4. The number of carbonyl (C=O) groups is 2. The van der Waals surface area contributed by atoms with Gasteiger partial charge < -0.3 is 15.6 Å². The molecular weight excluding hydrogens is 242 g/mol. The maximum atomic E-state index is 12.5. The minimum absolute atomic E-state index is 0.0446. The highest BCUT2D eigenvalue weighted by Crippen LogP contribution is 2.22. The predicted molar refractivity (Wildman–Crippen MR) is 71.5 cm³/mol. The number of benzene rings is 1. The molecule has 5 nitrogen and oxygen atoms in total. The number of carbonyl (C=O) groups excluding carboxylic acids is 2. The summed E-state index contributed by atoms with van der Waals surface area (Å²) in [6.07, 6.45) is 2.47. The molecule has 0 radical (unpaired) electrons. The molecule has 1 unspecified atom stereocenters. The molecule has 2 heterocycles. The lowest BCUT2D eigenvalue weighted by Gasteiger charge is -2.16. The number of amides is 2. The molecule has 2 amide bonds. The molecule has 0 saturated carbocycles. The molecule has 98 valence electrons. The van der Waals surface area contributed by atoms with Crippen LogP contribution in [0.2, 0.25) is 0 Å². The summed E-state index contributed by atoms with van der Waals surface area (Å²) < 4.78 is 0. The number of hydrogen-bond acceptors (Lipinski definition) is 2. The Balaban J connectivity index is 1.89. The quantitative estimate of drug-likeness (QED) is 0.845. The highest BCUT2D eigenvalue weighted by molar-refractivity contribution is 6.05. The summed E-state index contributed by atoms with van der Waals surface area (Å²) in [5, 5.41) is 1.01. The van der Waals surface area contributed by atoms with E-state index in [1.807, 2.05) is 24.4 Å². The molecule has 1 atom stereocenters. The molecule has 19 heavy (non-hydrogen) atoms. The van der Waals surface area contributed by atoms with Crippen LogP contribution in [-0.2, 0) is 4.79 Å². The highest BCUT2D eigenvalue weighted by atomic mass is 16.2. The molecule has 1 aliphatic heterocycles. The first kappa shape index (κ1) is 11.8. The van der Waals surface area contributed by atoms with Crippen molar-refractivity contribution in [2.45, 2.75) is 6.42 Å². The second kappa shape index (κ2) is 4.42. The molecule has 2 aromatic rings. The van der Waals surface area contributed by atoms with Crippen LogP contribution in [0.3, 0.4) is 0 Å². The number of fused-ring (bicyclic) bond motifs is 1. The van der Waals surface area contributed by atoms with E-state index in [-0.39, 0.29) is 17.7 Å². The van der Waals surface area contributed by atoms with Gasteiger partial charge in [-0.25, -0.2) is 0 Å². The highest BCUT2D eigenvalue weighted by Gasteiger charge is 2.30. The van der Waals surface area contributed by atoms with Crippen LogP contribution < -0.4 is 5.73 Å². The average molecular weight is 257 g/mol. The van der Waals surface area contributed by atoms with E-state index in [2.05, 4.69) is 4.98 Å². The molecule has 0 aliphatic carbocycles. The fourth-order valence-electron chi connectivity index (χ4n) is 2.61. The van der Waals surface area contributed by atoms with Gasteiger partial charge in [-0.1, -0.05) is 12.1 Å². The van der Waals surface area contributed by atoms with Crippen molar-refractivity contribution in [3.8, 4) is 0 Å². The summed E-state index contributed by atoms with van der Waals surface area (Å²) in [6, 6.07) is 7.56. The van der Waals surface area contributed by atoms with Gasteiger partial charge in [-0.3, -0.25) is 9.59 Å². The van der Waals surface area contributed by atoms with E-state index in [0.717, 1.165) is 10.9 Å². The Hall–Kier alpha value is -2.30. The van der Waals surface area contributed by atoms with E-state index in [1.165, 1.54) is 0 Å². The van der Waals surface area contributed by atoms with Crippen LogP contribution in [0.25, 0.3) is 10.9 Å². The lowest BCUT2D eigenvalue weighted by Crippen LogP contribution is -2.31. The van der Waals surface area contributed by atoms with Crippen molar-refractivity contribution >= 4 is 22.7 Å². The molecule has 0 spiro atoms. The minimum atomic E-state index is -0.326. The second-order valence-electron chi connectivity index (χ2n) is 4.89. The van der Waals surface area contributed by atoms with Gasteiger partial charge in [-0.2, -0.15) is 0 Å². The van der Waals surface area contributed by atoms with Crippen LogP contribution >= 0.6 is 0 Å². The van der Waals surface area contributed by atoms with Gasteiger partial charge in [-0.15, -0.1) is 0 Å². The van der Waals surface area contributed by atoms with Gasteiger partial charge in [0, 0.05) is 24.7 Å². The van der Waals surface area contributed by atoms with Crippen LogP contribution in [0.15, 0.2) is 30.5 Å². The van der Waals surface area contributed by atoms with E-state index in [4.69, 9.17) is 5.73 Å². The van der Waals surface area contributed by atoms with Crippen molar-refractivity contribution in [1.82, 2.24) is 9.88 Å². The number of rotatable bonds is 2. The predicted octanol–water partition coefficient (Wildman–Crippen LogP) is 1.12. The standard InChI is InChI=1S/C14H15N3O2/c15-13(18)10-5-7-17(8-10)14(19)11-3-1-2-9-4-6-16-12(9)11/h1-4,6,10,16H,5,7-8H2,(H2,15,18). The van der Waals surface area contributed by atoms with Gasteiger partial charge in [0.05, 0.1) is 17.0 Å². The SMILES string of the molecule is NC(=O)C1CCN(C(=O)c2cccc3cc[nH]c23)C1. The van der Waals surface area contributed by atoms with Gasteiger partial charge in [0.15, 0.2) is 0 Å². The van der Waals surface area contributed by atoms with Gasteiger partial charge in [0.25, 0.3) is 5.91 Å². The number of nitrogens with two attached hydrogens (primary N) is 1. The number of para-hydroxylation sites is 1. The topological polar surface area (TPSA) is 79.2 Å². The van der Waals surface area contributed by atoms with Crippen LogP contribution in [0, 0.1) is 5.92 Å². The molecule has 1 fully saturated rings. The van der Waals surface area contributed by atoms with Gasteiger partial charge in [-0.05, 0) is 18.6 Å². The minimum Gasteiger partial charge on any atom is -0.369 e. The summed E-state index contributed by atoms with van der Waals surface area (Å²) in [5.41, 5.74) is 6.78. The number of nitrogens with one attached hydrogen (secondary N) is 1. The van der Waals surface area contributed by atoms with Crippen molar-refractivity contribution in [1.29, 1.82) is 0 Å². The average Bonchev–Trinajstić information content (AvgIpc) is 3.06. The normalized spacial score (nSPS) is 18.9. The molecule has 5 heteroatoms. The first-order chi connectivity index (χ1) is 9.16. The van der Waals surface area contributed by atoms with Crippen molar-refractivity contribution in [3.63, 3.8) is 0 Å². The maximum Gasteiger partial charge on any atom is 0.256 e. The van der Waals surface area contributed by atoms with Crippen molar-refractivity contribution in [2.75, 3.05) is 13.1 Å². The first-order valence-corrected chi connectivity index (χ1v) is 6.31. The molecular formula is C14H15N3O2.